The second-order valence-electron chi connectivity index (χ2n) is 7.03. The summed E-state index contributed by atoms with van der Waals surface area (Å²) >= 11 is 0. The lowest BCUT2D eigenvalue weighted by atomic mass is 9.43. The van der Waals surface area contributed by atoms with E-state index < -0.39 is 0 Å². The van der Waals surface area contributed by atoms with Crippen LogP contribution in [0.25, 0.3) is 0 Å². The Morgan fingerprint density at radius 1 is 1.44 bits per heavy atom. The minimum atomic E-state index is -0.256. The van der Waals surface area contributed by atoms with Crippen LogP contribution in [0, 0.1) is 17.3 Å². The third kappa shape index (κ3) is 1.49. The number of rotatable bonds is 3. The number of hydrogen-bond acceptors (Lipinski definition) is 3. The van der Waals surface area contributed by atoms with Crippen LogP contribution < -0.4 is 5.73 Å². The van der Waals surface area contributed by atoms with E-state index in [0.717, 1.165) is 18.8 Å². The Morgan fingerprint density at radius 3 is 2.78 bits per heavy atom. The molecule has 3 saturated carbocycles. The van der Waals surface area contributed by atoms with Gasteiger partial charge in [0.25, 0.3) is 0 Å². The molecule has 100 valence electrons. The van der Waals surface area contributed by atoms with E-state index in [0.29, 0.717) is 11.3 Å². The maximum absolute atomic E-state index is 6.26. The normalized spacial score (nSPS) is 46.2. The van der Waals surface area contributed by atoms with Gasteiger partial charge in [0.2, 0.25) is 0 Å². The van der Waals surface area contributed by atoms with Gasteiger partial charge in [0.1, 0.15) is 0 Å². The van der Waals surface area contributed by atoms with E-state index in [1.165, 1.54) is 6.42 Å². The number of hydrogen-bond donors (Lipinski definition) is 1. The van der Waals surface area contributed by atoms with Gasteiger partial charge in [0.15, 0.2) is 0 Å². The van der Waals surface area contributed by atoms with Crippen LogP contribution in [0.15, 0.2) is 12.7 Å². The Morgan fingerprint density at radius 2 is 2.17 bits per heavy atom. The lowest BCUT2D eigenvalue weighted by molar-refractivity contribution is -0.199. The molecule has 2 N–H and O–H groups in total. The molecule has 3 unspecified atom stereocenters. The summed E-state index contributed by atoms with van der Waals surface area (Å²) in [6.45, 7) is 10.7. The van der Waals surface area contributed by atoms with Crippen molar-refractivity contribution in [2.75, 3.05) is 0 Å². The second kappa shape index (κ2) is 3.84. The zero-order valence-corrected chi connectivity index (χ0v) is 11.7. The minimum absolute atomic E-state index is 0.0924. The fraction of sp³-hybridized carbons (Fsp3) is 0.857. The molecule has 1 aliphatic heterocycles. The first kappa shape index (κ1) is 12.7. The highest BCUT2D eigenvalue weighted by molar-refractivity contribution is 6.47. The molecule has 1 heterocycles. The monoisotopic (exact) mass is 249 g/mol. The van der Waals surface area contributed by atoms with Gasteiger partial charge in [-0.3, -0.25) is 0 Å². The quantitative estimate of drug-likeness (QED) is 0.615. The molecule has 3 aliphatic carbocycles. The predicted molar refractivity (Wildman–Crippen MR) is 72.9 cm³/mol. The molecule has 0 aromatic rings. The second-order valence-corrected chi connectivity index (χ2v) is 7.03. The largest absolute Gasteiger partial charge is 0.475 e. The molecule has 4 rings (SSSR count). The van der Waals surface area contributed by atoms with E-state index in [-0.39, 0.29) is 24.8 Å². The van der Waals surface area contributed by atoms with E-state index in [2.05, 4.69) is 27.4 Å². The zero-order chi connectivity index (χ0) is 13.1. The van der Waals surface area contributed by atoms with Gasteiger partial charge in [-0.05, 0) is 43.4 Å². The molecule has 0 aromatic heterocycles. The summed E-state index contributed by atoms with van der Waals surface area (Å²) < 4.78 is 12.3. The third-order valence-electron chi connectivity index (χ3n) is 5.76. The molecule has 2 bridgehead atoms. The van der Waals surface area contributed by atoms with Gasteiger partial charge >= 0.3 is 7.12 Å². The molecule has 4 heteroatoms. The van der Waals surface area contributed by atoms with Gasteiger partial charge in [0.05, 0.1) is 11.7 Å². The van der Waals surface area contributed by atoms with Crippen LogP contribution in [0.2, 0.25) is 0 Å². The highest BCUT2D eigenvalue weighted by Crippen LogP contribution is 2.65. The van der Waals surface area contributed by atoms with Crippen molar-refractivity contribution in [3.8, 4) is 0 Å². The first-order valence-corrected chi connectivity index (χ1v) is 7.09. The van der Waals surface area contributed by atoms with Crippen LogP contribution in [0.1, 0.15) is 40.0 Å². The summed E-state index contributed by atoms with van der Waals surface area (Å²) in [5.74, 6) is 1.30. The minimum Gasteiger partial charge on any atom is -0.404 e. The maximum Gasteiger partial charge on any atom is 0.475 e. The van der Waals surface area contributed by atoms with E-state index >= 15 is 0 Å². The van der Waals surface area contributed by atoms with Crippen molar-refractivity contribution in [3.05, 3.63) is 12.7 Å². The highest BCUT2D eigenvalue weighted by atomic mass is 16.7. The highest BCUT2D eigenvalue weighted by Gasteiger charge is 2.68. The van der Waals surface area contributed by atoms with Crippen molar-refractivity contribution in [1.82, 2.24) is 0 Å². The first-order chi connectivity index (χ1) is 8.39. The third-order valence-corrected chi connectivity index (χ3v) is 5.76. The van der Waals surface area contributed by atoms with Gasteiger partial charge in [-0.25, -0.2) is 0 Å². The Hall–Kier alpha value is -0.315. The maximum atomic E-state index is 6.26. The van der Waals surface area contributed by atoms with E-state index in [1.54, 1.807) is 0 Å². The van der Waals surface area contributed by atoms with Crippen LogP contribution in [0.3, 0.4) is 0 Å². The molecule has 0 aromatic carbocycles. The summed E-state index contributed by atoms with van der Waals surface area (Å²) in [5.41, 5.74) is 6.37. The molecule has 0 spiro atoms. The smallest absolute Gasteiger partial charge is 0.404 e. The van der Waals surface area contributed by atoms with Gasteiger partial charge in [-0.2, -0.15) is 0 Å². The van der Waals surface area contributed by atoms with Crippen LogP contribution in [-0.2, 0) is 9.31 Å². The summed E-state index contributed by atoms with van der Waals surface area (Å²) in [7, 11) is -0.256. The van der Waals surface area contributed by atoms with Crippen LogP contribution in [0.5, 0.6) is 0 Å². The van der Waals surface area contributed by atoms with E-state index in [9.17, 15) is 0 Å². The first-order valence-electron chi connectivity index (χ1n) is 7.09. The van der Waals surface area contributed by atoms with Crippen molar-refractivity contribution < 1.29 is 9.31 Å². The lowest BCUT2D eigenvalue weighted by Crippen LogP contribution is -2.65. The molecule has 4 aliphatic rings. The van der Waals surface area contributed by atoms with Crippen LogP contribution >= 0.6 is 0 Å². The Bertz CT molecular complexity index is 373. The van der Waals surface area contributed by atoms with Gasteiger partial charge in [0, 0.05) is 5.94 Å². The summed E-state index contributed by atoms with van der Waals surface area (Å²) in [6, 6.07) is 0. The van der Waals surface area contributed by atoms with Gasteiger partial charge in [-0.1, -0.05) is 19.9 Å². The van der Waals surface area contributed by atoms with E-state index in [1.807, 2.05) is 6.08 Å². The van der Waals surface area contributed by atoms with Crippen molar-refractivity contribution in [2.45, 2.75) is 57.7 Å². The molecule has 0 radical (unpaired) electrons. The molecular weight excluding hydrogens is 225 g/mol. The standard InChI is InChI=1S/C14H24BNO2/c1-5-6-12(16)15-17-11-8-9-7-10(13(9,2)3)14(11,4)18-15/h5,9-12H,1,6-8,16H2,2-4H3/t9?,10?,11?,12-,14-/m0/s1. The summed E-state index contributed by atoms with van der Waals surface area (Å²) in [5, 5.41) is 0. The molecule has 1 saturated heterocycles. The fourth-order valence-electron chi connectivity index (χ4n) is 4.39. The average molecular weight is 249 g/mol. The Kier molecular flexibility index (Phi) is 2.71. The SMILES string of the molecule is C=CC[C@H](N)B1OC2CC3CC(C3(C)C)[C@]2(C)O1. The van der Waals surface area contributed by atoms with Crippen molar-refractivity contribution in [1.29, 1.82) is 0 Å². The van der Waals surface area contributed by atoms with Crippen molar-refractivity contribution in [3.63, 3.8) is 0 Å². The molecule has 4 fully saturated rings. The van der Waals surface area contributed by atoms with Crippen molar-refractivity contribution in [2.24, 2.45) is 23.0 Å². The Labute approximate surface area is 110 Å². The lowest BCUT2D eigenvalue weighted by Gasteiger charge is -2.64. The average Bonchev–Trinajstić information content (AvgIpc) is 2.65. The Balaban J connectivity index is 1.78. The molecule has 0 amide bonds. The molecular formula is C14H24BNO2. The summed E-state index contributed by atoms with van der Waals surface area (Å²) in [6.07, 6.45) is 5.22. The topological polar surface area (TPSA) is 44.5 Å². The molecule has 18 heavy (non-hydrogen) atoms. The molecule has 5 atom stereocenters. The predicted octanol–water partition coefficient (Wildman–Crippen LogP) is 2.16. The van der Waals surface area contributed by atoms with Gasteiger partial charge in [-0.15, -0.1) is 6.58 Å². The van der Waals surface area contributed by atoms with Crippen molar-refractivity contribution >= 4 is 7.12 Å². The fourth-order valence-corrected chi connectivity index (χ4v) is 4.39. The molecule has 3 nitrogen and oxygen atoms in total. The number of nitrogens with two attached hydrogens (primary N) is 1. The van der Waals surface area contributed by atoms with Crippen LogP contribution in [-0.4, -0.2) is 24.8 Å². The van der Waals surface area contributed by atoms with Gasteiger partial charge < -0.3 is 15.0 Å². The summed E-state index contributed by atoms with van der Waals surface area (Å²) in [4.78, 5) is 0. The van der Waals surface area contributed by atoms with E-state index in [4.69, 9.17) is 15.0 Å². The zero-order valence-electron chi connectivity index (χ0n) is 11.7. The van der Waals surface area contributed by atoms with Crippen LogP contribution in [0.4, 0.5) is 0 Å².